The van der Waals surface area contributed by atoms with Crippen molar-refractivity contribution in [2.24, 2.45) is 0 Å². The number of thioether (sulfide) groups is 1. The van der Waals surface area contributed by atoms with E-state index in [-0.39, 0.29) is 11.7 Å². The highest BCUT2D eigenvalue weighted by Crippen LogP contribution is 2.17. The van der Waals surface area contributed by atoms with Gasteiger partial charge in [0, 0.05) is 18.3 Å². The number of hydrogen-bond acceptors (Lipinski definition) is 5. The number of hydrogen-bond donors (Lipinski definition) is 2. The number of benzene rings is 1. The lowest BCUT2D eigenvalue weighted by molar-refractivity contribution is -0.118. The highest BCUT2D eigenvalue weighted by Gasteiger charge is 2.06. The summed E-state index contributed by atoms with van der Waals surface area (Å²) in [6.07, 6.45) is 1.41. The Kier molecular flexibility index (Phi) is 5.39. The van der Waals surface area contributed by atoms with Crippen molar-refractivity contribution in [2.45, 2.75) is 11.6 Å². The molecule has 0 aliphatic carbocycles. The van der Waals surface area contributed by atoms with E-state index >= 15 is 0 Å². The van der Waals surface area contributed by atoms with E-state index in [0.717, 1.165) is 11.3 Å². The summed E-state index contributed by atoms with van der Waals surface area (Å²) in [4.78, 5) is 28.9. The van der Waals surface area contributed by atoms with E-state index in [1.54, 1.807) is 13.2 Å². The van der Waals surface area contributed by atoms with Gasteiger partial charge in [0.1, 0.15) is 5.75 Å². The van der Waals surface area contributed by atoms with Crippen LogP contribution < -0.4 is 15.7 Å². The van der Waals surface area contributed by atoms with Gasteiger partial charge in [-0.05, 0) is 12.1 Å². The first-order chi connectivity index (χ1) is 10.2. The number of methoxy groups -OCH3 is 1. The molecule has 1 aromatic carbocycles. The van der Waals surface area contributed by atoms with Gasteiger partial charge in [-0.3, -0.25) is 4.79 Å². The number of nitrogens with one attached hydrogen (secondary N) is 2. The Morgan fingerprint density at radius 2 is 2.19 bits per heavy atom. The Bertz CT molecular complexity index is 672. The molecule has 0 saturated heterocycles. The number of carbonyl (C=O) groups excluding carboxylic acids is 1. The summed E-state index contributed by atoms with van der Waals surface area (Å²) in [6, 6.07) is 9.16. The van der Waals surface area contributed by atoms with E-state index in [0.29, 0.717) is 11.6 Å². The molecule has 0 aliphatic rings. The van der Waals surface area contributed by atoms with Gasteiger partial charge in [-0.2, -0.15) is 0 Å². The van der Waals surface area contributed by atoms with Crippen LogP contribution in [0.5, 0.6) is 5.75 Å². The maximum Gasteiger partial charge on any atom is 0.345 e. The van der Waals surface area contributed by atoms with Gasteiger partial charge in [-0.1, -0.05) is 30.0 Å². The van der Waals surface area contributed by atoms with E-state index in [2.05, 4.69) is 15.3 Å². The fourth-order valence-electron chi connectivity index (χ4n) is 1.67. The summed E-state index contributed by atoms with van der Waals surface area (Å²) in [5.41, 5.74) is 0.491. The van der Waals surface area contributed by atoms with Crippen LogP contribution in [-0.2, 0) is 11.3 Å². The minimum atomic E-state index is -0.422. The molecule has 0 spiro atoms. The summed E-state index contributed by atoms with van der Waals surface area (Å²) in [6.45, 7) is 0.399. The topological polar surface area (TPSA) is 84.1 Å². The largest absolute Gasteiger partial charge is 0.496 e. The highest BCUT2D eigenvalue weighted by molar-refractivity contribution is 7.99. The zero-order valence-corrected chi connectivity index (χ0v) is 12.3. The smallest absolute Gasteiger partial charge is 0.345 e. The number of aromatic nitrogens is 2. The van der Waals surface area contributed by atoms with E-state index in [9.17, 15) is 9.59 Å². The predicted molar refractivity (Wildman–Crippen MR) is 80.4 cm³/mol. The standard InChI is InChI=1S/C14H15N3O3S/c1-20-11-5-3-2-4-10(11)8-16-12(18)9-21-13-6-7-15-14(19)17-13/h2-7H,8-9H2,1H3,(H,16,18)(H,15,17,19). The van der Waals surface area contributed by atoms with Gasteiger partial charge in [-0.25, -0.2) is 9.78 Å². The molecule has 0 unspecified atom stereocenters. The molecule has 0 fully saturated rings. The zero-order valence-electron chi connectivity index (χ0n) is 11.5. The lowest BCUT2D eigenvalue weighted by Gasteiger charge is -2.09. The lowest BCUT2D eigenvalue weighted by Crippen LogP contribution is -2.25. The van der Waals surface area contributed by atoms with Crippen molar-refractivity contribution in [1.29, 1.82) is 0 Å². The number of aromatic amines is 1. The van der Waals surface area contributed by atoms with Crippen LogP contribution >= 0.6 is 11.8 Å². The Morgan fingerprint density at radius 3 is 2.95 bits per heavy atom. The van der Waals surface area contributed by atoms with E-state index in [4.69, 9.17) is 4.74 Å². The fourth-order valence-corrected chi connectivity index (χ4v) is 2.38. The van der Waals surface area contributed by atoms with Gasteiger partial charge in [-0.15, -0.1) is 0 Å². The van der Waals surface area contributed by atoms with Gasteiger partial charge >= 0.3 is 5.69 Å². The Hall–Kier alpha value is -2.28. The van der Waals surface area contributed by atoms with Gasteiger partial charge < -0.3 is 15.0 Å². The van der Waals surface area contributed by atoms with Crippen molar-refractivity contribution in [3.63, 3.8) is 0 Å². The molecule has 110 valence electrons. The molecule has 6 nitrogen and oxygen atoms in total. The first-order valence-corrected chi connectivity index (χ1v) is 7.24. The monoisotopic (exact) mass is 305 g/mol. The Morgan fingerprint density at radius 1 is 1.38 bits per heavy atom. The number of para-hydroxylation sites is 1. The third kappa shape index (κ3) is 4.64. The average Bonchev–Trinajstić information content (AvgIpc) is 2.51. The van der Waals surface area contributed by atoms with Gasteiger partial charge in [0.05, 0.1) is 17.9 Å². The summed E-state index contributed by atoms with van der Waals surface area (Å²) in [5.74, 6) is 0.835. The lowest BCUT2D eigenvalue weighted by atomic mass is 10.2. The molecule has 2 aromatic rings. The number of nitrogens with zero attached hydrogens (tertiary/aromatic N) is 1. The number of amides is 1. The summed E-state index contributed by atoms with van der Waals surface area (Å²) in [7, 11) is 1.59. The van der Waals surface area contributed by atoms with Gasteiger partial charge in [0.25, 0.3) is 0 Å². The molecule has 1 amide bonds. The maximum absolute atomic E-state index is 11.8. The Balaban J connectivity index is 1.84. The van der Waals surface area contributed by atoms with Crippen LogP contribution in [0.1, 0.15) is 5.56 Å². The van der Waals surface area contributed by atoms with Crippen molar-refractivity contribution >= 4 is 17.7 Å². The van der Waals surface area contributed by atoms with Gasteiger partial charge in [0.2, 0.25) is 5.91 Å². The second-order valence-corrected chi connectivity index (χ2v) is 5.13. The molecular formula is C14H15N3O3S. The average molecular weight is 305 g/mol. The quantitative estimate of drug-likeness (QED) is 0.618. The highest BCUT2D eigenvalue weighted by atomic mass is 32.2. The van der Waals surface area contributed by atoms with Gasteiger partial charge in [0.15, 0.2) is 0 Å². The molecule has 2 N–H and O–H groups in total. The summed E-state index contributed by atoms with van der Waals surface area (Å²) < 4.78 is 5.22. The summed E-state index contributed by atoms with van der Waals surface area (Å²) >= 11 is 1.25. The van der Waals surface area contributed by atoms with Crippen molar-refractivity contribution in [3.05, 3.63) is 52.6 Å². The SMILES string of the molecule is COc1ccccc1CNC(=O)CSc1ccnc(=O)[nH]1. The van der Waals surface area contributed by atoms with E-state index < -0.39 is 5.69 Å². The van der Waals surface area contributed by atoms with Crippen LogP contribution in [0.3, 0.4) is 0 Å². The molecule has 2 rings (SSSR count). The van der Waals surface area contributed by atoms with Crippen molar-refractivity contribution in [1.82, 2.24) is 15.3 Å². The van der Waals surface area contributed by atoms with Crippen LogP contribution in [-0.4, -0.2) is 28.7 Å². The molecule has 1 aromatic heterocycles. The number of ether oxygens (including phenoxy) is 1. The molecule has 7 heteroatoms. The van der Waals surface area contributed by atoms with Crippen molar-refractivity contribution < 1.29 is 9.53 Å². The molecule has 0 radical (unpaired) electrons. The number of H-pyrrole nitrogens is 1. The molecule has 0 bridgehead atoms. The Labute approximate surface area is 125 Å². The molecule has 0 atom stereocenters. The zero-order chi connectivity index (χ0) is 15.1. The van der Waals surface area contributed by atoms with Crippen LogP contribution in [0, 0.1) is 0 Å². The summed E-state index contributed by atoms with van der Waals surface area (Å²) in [5, 5.41) is 3.42. The fraction of sp³-hybridized carbons (Fsp3) is 0.214. The first-order valence-electron chi connectivity index (χ1n) is 6.26. The minimum absolute atomic E-state index is 0.122. The molecule has 0 saturated carbocycles. The number of rotatable bonds is 6. The molecule has 0 aliphatic heterocycles. The minimum Gasteiger partial charge on any atom is -0.496 e. The first kappa shape index (κ1) is 15.1. The second-order valence-electron chi connectivity index (χ2n) is 4.12. The van der Waals surface area contributed by atoms with Crippen molar-refractivity contribution in [3.8, 4) is 5.75 Å². The molecular weight excluding hydrogens is 290 g/mol. The van der Waals surface area contributed by atoms with E-state index in [1.807, 2.05) is 24.3 Å². The number of carbonyl (C=O) groups is 1. The maximum atomic E-state index is 11.8. The third-order valence-corrected chi connectivity index (χ3v) is 3.63. The molecule has 21 heavy (non-hydrogen) atoms. The van der Waals surface area contributed by atoms with Crippen LogP contribution in [0.25, 0.3) is 0 Å². The predicted octanol–water partition coefficient (Wildman–Crippen LogP) is 1.19. The molecule has 1 heterocycles. The van der Waals surface area contributed by atoms with Crippen LogP contribution in [0.15, 0.2) is 46.3 Å². The van der Waals surface area contributed by atoms with E-state index in [1.165, 1.54) is 18.0 Å². The van der Waals surface area contributed by atoms with Crippen molar-refractivity contribution in [2.75, 3.05) is 12.9 Å². The second kappa shape index (κ2) is 7.49. The van der Waals surface area contributed by atoms with Crippen LogP contribution in [0.4, 0.5) is 0 Å². The third-order valence-electron chi connectivity index (χ3n) is 2.68. The normalized spacial score (nSPS) is 10.1. The van der Waals surface area contributed by atoms with Crippen LogP contribution in [0.2, 0.25) is 0 Å².